The predicted molar refractivity (Wildman–Crippen MR) is 166 cm³/mol. The van der Waals surface area contributed by atoms with E-state index in [1.807, 2.05) is 24.4 Å². The van der Waals surface area contributed by atoms with E-state index in [0.717, 1.165) is 59.8 Å². The minimum Gasteiger partial charge on any atom is -0.491 e. The maximum absolute atomic E-state index is 12.0. The van der Waals surface area contributed by atoms with Gasteiger partial charge in [-0.05, 0) is 67.1 Å². The standard InChI is InChI=1S/C32H35N7O2S/c33-14-4-3-7-26-21-39(37-36-26)28-12-13-29(30(20-28)41-18-17-38-16-15-34-32(38)40)31-35-27(22-42-31)11-9-23-8-10-24-5-1-2-6-25(24)19-23/h1-2,5-6,8,10,12-13,19-22H,3-4,7,9,11,14-18,33H2,(H,34,40). The van der Waals surface area contributed by atoms with E-state index in [1.54, 1.807) is 20.9 Å². The molecular weight excluding hydrogens is 546 g/mol. The number of carbonyl (C=O) groups excluding carboxylic acids is 1. The summed E-state index contributed by atoms with van der Waals surface area (Å²) in [4.78, 5) is 18.7. The summed E-state index contributed by atoms with van der Waals surface area (Å²) in [6.45, 7) is 2.93. The lowest BCUT2D eigenvalue weighted by Gasteiger charge is -2.16. The van der Waals surface area contributed by atoms with E-state index in [0.29, 0.717) is 38.5 Å². The van der Waals surface area contributed by atoms with Crippen molar-refractivity contribution in [3.05, 3.63) is 89.2 Å². The first-order valence-electron chi connectivity index (χ1n) is 14.5. The third-order valence-corrected chi connectivity index (χ3v) is 8.41. The highest BCUT2D eigenvalue weighted by Crippen LogP contribution is 2.34. The van der Waals surface area contributed by atoms with Gasteiger partial charge in [0.25, 0.3) is 0 Å². The molecule has 9 nitrogen and oxygen atoms in total. The molecule has 0 atom stereocenters. The van der Waals surface area contributed by atoms with Gasteiger partial charge in [0.1, 0.15) is 17.4 Å². The topological polar surface area (TPSA) is 111 Å². The predicted octanol–water partition coefficient (Wildman–Crippen LogP) is 5.01. The number of carbonyl (C=O) groups is 1. The summed E-state index contributed by atoms with van der Waals surface area (Å²) in [6, 6.07) is 21.1. The van der Waals surface area contributed by atoms with Crippen LogP contribution in [0.15, 0.2) is 72.2 Å². The van der Waals surface area contributed by atoms with Crippen LogP contribution in [0.2, 0.25) is 0 Å². The van der Waals surface area contributed by atoms with Crippen molar-refractivity contribution in [3.8, 4) is 22.0 Å². The number of nitrogens with one attached hydrogen (secondary N) is 1. The van der Waals surface area contributed by atoms with Crippen molar-refractivity contribution < 1.29 is 9.53 Å². The average Bonchev–Trinajstić information content (AvgIpc) is 3.78. The van der Waals surface area contributed by atoms with Crippen molar-refractivity contribution in [2.45, 2.75) is 32.1 Å². The van der Waals surface area contributed by atoms with Crippen molar-refractivity contribution >= 4 is 28.1 Å². The van der Waals surface area contributed by atoms with Crippen molar-refractivity contribution in [2.75, 3.05) is 32.8 Å². The number of benzene rings is 3. The largest absolute Gasteiger partial charge is 0.491 e. The number of hydrogen-bond donors (Lipinski definition) is 2. The molecule has 2 amide bonds. The van der Waals surface area contributed by atoms with Gasteiger partial charge >= 0.3 is 6.03 Å². The second-order valence-corrected chi connectivity index (χ2v) is 11.3. The van der Waals surface area contributed by atoms with Crippen LogP contribution in [0.3, 0.4) is 0 Å². The Morgan fingerprint density at radius 3 is 2.74 bits per heavy atom. The van der Waals surface area contributed by atoms with Crippen LogP contribution < -0.4 is 15.8 Å². The molecule has 2 aromatic heterocycles. The molecule has 3 aromatic carbocycles. The summed E-state index contributed by atoms with van der Waals surface area (Å²) < 4.78 is 8.08. The normalized spacial score (nSPS) is 13.2. The maximum atomic E-state index is 12.0. The first-order valence-corrected chi connectivity index (χ1v) is 15.4. The van der Waals surface area contributed by atoms with Gasteiger partial charge in [-0.15, -0.1) is 16.4 Å². The summed E-state index contributed by atoms with van der Waals surface area (Å²) in [5, 5.41) is 17.1. The Bertz CT molecular complexity index is 1660. The van der Waals surface area contributed by atoms with Gasteiger partial charge in [0, 0.05) is 24.5 Å². The molecule has 0 aliphatic carbocycles. The lowest BCUT2D eigenvalue weighted by Crippen LogP contribution is -2.31. The number of amides is 2. The number of thiazole rings is 1. The van der Waals surface area contributed by atoms with Crippen LogP contribution in [0.25, 0.3) is 27.0 Å². The van der Waals surface area contributed by atoms with Crippen LogP contribution >= 0.6 is 11.3 Å². The Morgan fingerprint density at radius 2 is 1.88 bits per heavy atom. The number of urea groups is 1. The lowest BCUT2D eigenvalue weighted by atomic mass is 10.0. The van der Waals surface area contributed by atoms with Gasteiger partial charge in [-0.1, -0.05) is 47.7 Å². The molecule has 5 aromatic rings. The highest BCUT2D eigenvalue weighted by atomic mass is 32.1. The Morgan fingerprint density at radius 1 is 0.976 bits per heavy atom. The van der Waals surface area contributed by atoms with E-state index in [2.05, 4.69) is 63.5 Å². The molecule has 6 rings (SSSR count). The van der Waals surface area contributed by atoms with E-state index in [1.165, 1.54) is 16.3 Å². The lowest BCUT2D eigenvalue weighted by molar-refractivity contribution is 0.203. The van der Waals surface area contributed by atoms with Crippen LogP contribution in [-0.4, -0.2) is 63.7 Å². The third-order valence-electron chi connectivity index (χ3n) is 7.49. The van der Waals surface area contributed by atoms with Crippen LogP contribution in [0.4, 0.5) is 4.79 Å². The average molecular weight is 582 g/mol. The zero-order valence-electron chi connectivity index (χ0n) is 23.5. The Labute approximate surface area is 249 Å². The van der Waals surface area contributed by atoms with Crippen LogP contribution in [-0.2, 0) is 19.3 Å². The van der Waals surface area contributed by atoms with Gasteiger partial charge < -0.3 is 20.7 Å². The molecule has 0 saturated carbocycles. The van der Waals surface area contributed by atoms with Gasteiger partial charge in [-0.25, -0.2) is 14.5 Å². The van der Waals surface area contributed by atoms with Gasteiger partial charge in [0.15, 0.2) is 0 Å². The van der Waals surface area contributed by atoms with E-state index in [-0.39, 0.29) is 6.03 Å². The molecule has 1 saturated heterocycles. The molecule has 0 radical (unpaired) electrons. The van der Waals surface area contributed by atoms with Gasteiger partial charge in [-0.2, -0.15) is 0 Å². The molecule has 0 bridgehead atoms. The summed E-state index contributed by atoms with van der Waals surface area (Å²) in [7, 11) is 0. The van der Waals surface area contributed by atoms with Crippen LogP contribution in [0, 0.1) is 0 Å². The molecule has 1 aliphatic rings. The highest BCUT2D eigenvalue weighted by molar-refractivity contribution is 7.13. The zero-order valence-corrected chi connectivity index (χ0v) is 24.4. The number of aryl methyl sites for hydroxylation is 3. The molecule has 1 aliphatic heterocycles. The molecule has 3 N–H and O–H groups in total. The molecule has 216 valence electrons. The van der Waals surface area contributed by atoms with Gasteiger partial charge in [0.05, 0.1) is 35.4 Å². The molecule has 0 unspecified atom stereocenters. The van der Waals surface area contributed by atoms with Crippen LogP contribution in [0.5, 0.6) is 5.75 Å². The van der Waals surface area contributed by atoms with E-state index >= 15 is 0 Å². The molecule has 10 heteroatoms. The fraction of sp³-hybridized carbons (Fsp3) is 0.312. The monoisotopic (exact) mass is 581 g/mol. The maximum Gasteiger partial charge on any atom is 0.317 e. The van der Waals surface area contributed by atoms with Gasteiger partial charge in [-0.3, -0.25) is 0 Å². The van der Waals surface area contributed by atoms with Crippen molar-refractivity contribution in [3.63, 3.8) is 0 Å². The quantitative estimate of drug-likeness (QED) is 0.189. The van der Waals surface area contributed by atoms with Crippen molar-refractivity contribution in [1.29, 1.82) is 0 Å². The Balaban J connectivity index is 1.19. The minimum absolute atomic E-state index is 0.0478. The van der Waals surface area contributed by atoms with E-state index in [4.69, 9.17) is 15.5 Å². The zero-order chi connectivity index (χ0) is 28.7. The van der Waals surface area contributed by atoms with E-state index < -0.39 is 0 Å². The number of nitrogens with zero attached hydrogens (tertiary/aromatic N) is 5. The number of hydrogen-bond acceptors (Lipinski definition) is 7. The first-order chi connectivity index (χ1) is 20.7. The molecule has 0 spiro atoms. The fourth-order valence-electron chi connectivity index (χ4n) is 5.14. The van der Waals surface area contributed by atoms with Crippen LogP contribution in [0.1, 0.15) is 29.8 Å². The summed E-state index contributed by atoms with van der Waals surface area (Å²) in [6.07, 6.45) is 6.54. The number of aromatic nitrogens is 4. The molecule has 42 heavy (non-hydrogen) atoms. The first kappa shape index (κ1) is 27.9. The molecule has 3 heterocycles. The number of ether oxygens (including phenoxy) is 1. The molecular formula is C32H35N7O2S. The van der Waals surface area contributed by atoms with Gasteiger partial charge in [0.2, 0.25) is 0 Å². The second kappa shape index (κ2) is 13.1. The number of nitrogens with two attached hydrogens (primary N) is 1. The number of fused-ring (bicyclic) bond motifs is 1. The summed E-state index contributed by atoms with van der Waals surface area (Å²) in [5.74, 6) is 0.711. The third kappa shape index (κ3) is 6.61. The fourth-order valence-corrected chi connectivity index (χ4v) is 6.03. The molecule has 1 fully saturated rings. The smallest absolute Gasteiger partial charge is 0.317 e. The minimum atomic E-state index is -0.0478. The van der Waals surface area contributed by atoms with E-state index in [9.17, 15) is 4.79 Å². The SMILES string of the molecule is NCCCCc1cn(-c2ccc(-c3nc(CCc4ccc5ccccc5c4)cs3)c(OCCN3CCNC3=O)c2)nn1. The highest BCUT2D eigenvalue weighted by Gasteiger charge is 2.20. The number of unbranched alkanes of at least 4 members (excludes halogenated alkanes) is 1. The summed E-state index contributed by atoms with van der Waals surface area (Å²) in [5.41, 5.74) is 10.7. The Kier molecular flexibility index (Phi) is 8.72. The summed E-state index contributed by atoms with van der Waals surface area (Å²) >= 11 is 1.62. The second-order valence-electron chi connectivity index (χ2n) is 10.5. The van der Waals surface area contributed by atoms with Crippen molar-refractivity contribution in [2.24, 2.45) is 5.73 Å². The van der Waals surface area contributed by atoms with Crippen molar-refractivity contribution in [1.82, 2.24) is 30.2 Å². The number of rotatable bonds is 13. The Hall–Kier alpha value is -4.28.